The van der Waals surface area contributed by atoms with Crippen LogP contribution in [0.3, 0.4) is 0 Å². The first-order valence-corrected chi connectivity index (χ1v) is 3.92. The van der Waals surface area contributed by atoms with Gasteiger partial charge in [0.2, 0.25) is 0 Å². The summed E-state index contributed by atoms with van der Waals surface area (Å²) in [7, 11) is 0. The second-order valence-corrected chi connectivity index (χ2v) is 2.66. The van der Waals surface area contributed by atoms with Crippen molar-refractivity contribution < 1.29 is 14.9 Å². The first-order valence-electron chi connectivity index (χ1n) is 3.92. The molecule has 0 amide bonds. The van der Waals surface area contributed by atoms with Gasteiger partial charge in [0.1, 0.15) is 0 Å². The fraction of sp³-hybridized carbons (Fsp3) is 0.750. The molecular formula is C8H14O3. The van der Waals surface area contributed by atoms with Crippen LogP contribution in [0.4, 0.5) is 0 Å². The molecule has 0 fully saturated rings. The lowest BCUT2D eigenvalue weighted by atomic mass is 10.1. The van der Waals surface area contributed by atoms with Crippen molar-refractivity contribution in [3.8, 4) is 0 Å². The Balaban J connectivity index is 2.27. The quantitative estimate of drug-likeness (QED) is 0.572. The minimum atomic E-state index is -0.490. The molecule has 11 heavy (non-hydrogen) atoms. The van der Waals surface area contributed by atoms with Crippen molar-refractivity contribution in [2.45, 2.75) is 25.0 Å². The van der Waals surface area contributed by atoms with E-state index in [4.69, 9.17) is 9.84 Å². The van der Waals surface area contributed by atoms with Crippen molar-refractivity contribution >= 4 is 0 Å². The van der Waals surface area contributed by atoms with Crippen LogP contribution in [0, 0.1) is 0 Å². The summed E-state index contributed by atoms with van der Waals surface area (Å²) < 4.78 is 5.24. The summed E-state index contributed by atoms with van der Waals surface area (Å²) in [6, 6.07) is 0. The van der Waals surface area contributed by atoms with Crippen LogP contribution < -0.4 is 0 Å². The Morgan fingerprint density at radius 1 is 1.55 bits per heavy atom. The molecule has 0 aromatic rings. The molecule has 3 heteroatoms. The molecule has 1 heterocycles. The zero-order chi connectivity index (χ0) is 8.10. The van der Waals surface area contributed by atoms with Crippen molar-refractivity contribution in [1.82, 2.24) is 0 Å². The van der Waals surface area contributed by atoms with Crippen molar-refractivity contribution in [1.29, 1.82) is 0 Å². The van der Waals surface area contributed by atoms with E-state index in [0.29, 0.717) is 13.0 Å². The number of rotatable bonds is 3. The monoisotopic (exact) mass is 158 g/mol. The van der Waals surface area contributed by atoms with Gasteiger partial charge >= 0.3 is 0 Å². The second-order valence-electron chi connectivity index (χ2n) is 2.66. The van der Waals surface area contributed by atoms with Gasteiger partial charge < -0.3 is 14.9 Å². The average molecular weight is 158 g/mol. The zero-order valence-electron chi connectivity index (χ0n) is 6.44. The summed E-state index contributed by atoms with van der Waals surface area (Å²) in [5.41, 5.74) is 0. The minimum absolute atomic E-state index is 0.118. The van der Waals surface area contributed by atoms with E-state index in [1.54, 1.807) is 12.2 Å². The fourth-order valence-electron chi connectivity index (χ4n) is 1.14. The smallest absolute Gasteiger partial charge is 0.0983 e. The van der Waals surface area contributed by atoms with Crippen LogP contribution in [0.25, 0.3) is 0 Å². The van der Waals surface area contributed by atoms with Crippen molar-refractivity contribution in [2.24, 2.45) is 0 Å². The molecule has 2 unspecified atom stereocenters. The molecule has 1 rings (SSSR count). The third-order valence-corrected chi connectivity index (χ3v) is 1.77. The van der Waals surface area contributed by atoms with Crippen LogP contribution in [0.2, 0.25) is 0 Å². The lowest BCUT2D eigenvalue weighted by Crippen LogP contribution is -2.30. The van der Waals surface area contributed by atoms with Gasteiger partial charge in [-0.15, -0.1) is 0 Å². The highest BCUT2D eigenvalue weighted by molar-refractivity contribution is 4.96. The predicted molar refractivity (Wildman–Crippen MR) is 41.2 cm³/mol. The molecule has 0 saturated carbocycles. The van der Waals surface area contributed by atoms with Crippen LogP contribution in [0.1, 0.15) is 12.8 Å². The van der Waals surface area contributed by atoms with Crippen molar-refractivity contribution in [3.63, 3.8) is 0 Å². The Hall–Kier alpha value is -0.380. The van der Waals surface area contributed by atoms with Crippen LogP contribution in [0.15, 0.2) is 12.2 Å². The SMILES string of the molecule is OCCCC1OCC=CC1O. The Labute approximate surface area is 66.3 Å². The largest absolute Gasteiger partial charge is 0.396 e. The summed E-state index contributed by atoms with van der Waals surface area (Å²) in [6.07, 6.45) is 4.35. The van der Waals surface area contributed by atoms with Gasteiger partial charge in [0, 0.05) is 6.61 Å². The van der Waals surface area contributed by atoms with Crippen LogP contribution in [0.5, 0.6) is 0 Å². The Morgan fingerprint density at radius 2 is 2.36 bits per heavy atom. The second kappa shape index (κ2) is 4.49. The van der Waals surface area contributed by atoms with E-state index in [9.17, 15) is 5.11 Å². The lowest BCUT2D eigenvalue weighted by Gasteiger charge is -2.23. The molecule has 1 aliphatic rings. The lowest BCUT2D eigenvalue weighted by molar-refractivity contribution is -0.0225. The van der Waals surface area contributed by atoms with Gasteiger partial charge in [-0.1, -0.05) is 12.2 Å². The number of aliphatic hydroxyl groups is 2. The van der Waals surface area contributed by atoms with Crippen molar-refractivity contribution in [2.75, 3.05) is 13.2 Å². The molecule has 0 spiro atoms. The molecule has 0 bridgehead atoms. The molecule has 0 saturated heterocycles. The van der Waals surface area contributed by atoms with E-state index in [2.05, 4.69) is 0 Å². The summed E-state index contributed by atoms with van der Waals surface area (Å²) in [4.78, 5) is 0. The molecule has 0 aliphatic carbocycles. The molecule has 1 aliphatic heterocycles. The van der Waals surface area contributed by atoms with E-state index >= 15 is 0 Å². The average Bonchev–Trinajstić information content (AvgIpc) is 2.03. The van der Waals surface area contributed by atoms with E-state index in [1.165, 1.54) is 0 Å². The Kier molecular flexibility index (Phi) is 3.56. The van der Waals surface area contributed by atoms with Crippen LogP contribution >= 0.6 is 0 Å². The number of hydrogen-bond acceptors (Lipinski definition) is 3. The molecule has 2 atom stereocenters. The van der Waals surface area contributed by atoms with Gasteiger partial charge in [-0.25, -0.2) is 0 Å². The number of aliphatic hydroxyl groups excluding tert-OH is 2. The highest BCUT2D eigenvalue weighted by Gasteiger charge is 2.18. The standard InChI is InChI=1S/C8H14O3/c9-5-1-4-8-7(10)3-2-6-11-8/h2-3,7-10H,1,4-6H2. The molecule has 2 N–H and O–H groups in total. The normalized spacial score (nSPS) is 30.7. The number of hydrogen-bond donors (Lipinski definition) is 2. The molecule has 64 valence electrons. The van der Waals surface area contributed by atoms with E-state index < -0.39 is 6.10 Å². The van der Waals surface area contributed by atoms with Gasteiger partial charge in [0.25, 0.3) is 0 Å². The molecule has 3 nitrogen and oxygen atoms in total. The summed E-state index contributed by atoms with van der Waals surface area (Å²) in [5, 5.41) is 17.8. The topological polar surface area (TPSA) is 49.7 Å². The highest BCUT2D eigenvalue weighted by Crippen LogP contribution is 2.12. The summed E-state index contributed by atoms with van der Waals surface area (Å²) in [6.45, 7) is 0.740. The van der Waals surface area contributed by atoms with Crippen LogP contribution in [-0.4, -0.2) is 35.6 Å². The fourth-order valence-corrected chi connectivity index (χ4v) is 1.14. The minimum Gasteiger partial charge on any atom is -0.396 e. The molecule has 0 aromatic heterocycles. The van der Waals surface area contributed by atoms with E-state index in [0.717, 1.165) is 6.42 Å². The van der Waals surface area contributed by atoms with Gasteiger partial charge in [-0.05, 0) is 12.8 Å². The van der Waals surface area contributed by atoms with Gasteiger partial charge in [-0.3, -0.25) is 0 Å². The Morgan fingerprint density at radius 3 is 3.00 bits per heavy atom. The first-order chi connectivity index (χ1) is 5.34. The maximum absolute atomic E-state index is 9.30. The van der Waals surface area contributed by atoms with Gasteiger partial charge in [0.15, 0.2) is 0 Å². The molecule has 0 radical (unpaired) electrons. The number of ether oxygens (including phenoxy) is 1. The predicted octanol–water partition coefficient (Wildman–Crippen LogP) is 0.0748. The van der Waals surface area contributed by atoms with Crippen LogP contribution in [-0.2, 0) is 4.74 Å². The maximum Gasteiger partial charge on any atom is 0.0983 e. The highest BCUT2D eigenvalue weighted by atomic mass is 16.5. The third-order valence-electron chi connectivity index (χ3n) is 1.77. The molecular weight excluding hydrogens is 144 g/mol. The third kappa shape index (κ3) is 2.61. The van der Waals surface area contributed by atoms with Crippen molar-refractivity contribution in [3.05, 3.63) is 12.2 Å². The summed E-state index contributed by atoms with van der Waals surface area (Å²) >= 11 is 0. The zero-order valence-corrected chi connectivity index (χ0v) is 6.44. The Bertz CT molecular complexity index is 133. The van der Waals surface area contributed by atoms with Gasteiger partial charge in [-0.2, -0.15) is 0 Å². The first kappa shape index (κ1) is 8.71. The molecule has 0 aromatic carbocycles. The van der Waals surface area contributed by atoms with Gasteiger partial charge in [0.05, 0.1) is 18.8 Å². The summed E-state index contributed by atoms with van der Waals surface area (Å²) in [5.74, 6) is 0. The maximum atomic E-state index is 9.30. The van der Waals surface area contributed by atoms with E-state index in [1.807, 2.05) is 0 Å². The van der Waals surface area contributed by atoms with E-state index in [-0.39, 0.29) is 12.7 Å².